The van der Waals surface area contributed by atoms with Crippen LogP contribution in [-0.2, 0) is 10.0 Å². The number of fused-ring (bicyclic) bond motifs is 1. The number of nitrogens with one attached hydrogen (secondary N) is 2. The molecule has 10 nitrogen and oxygen atoms in total. The maximum atomic E-state index is 13.5. The number of benzene rings is 2. The molecule has 3 aliphatic rings. The molecular weight excluding hydrogens is 530 g/mol. The summed E-state index contributed by atoms with van der Waals surface area (Å²) in [7, 11) is -3.73. The zero-order chi connectivity index (χ0) is 27.4. The summed E-state index contributed by atoms with van der Waals surface area (Å²) in [6.07, 6.45) is 3.89. The summed E-state index contributed by atoms with van der Waals surface area (Å²) in [4.78, 5) is 15.6. The largest absolute Gasteiger partial charge is 0.395 e. The van der Waals surface area contributed by atoms with Crippen molar-refractivity contribution in [3.8, 4) is 0 Å². The molecule has 1 amide bonds. The Morgan fingerprint density at radius 2 is 1.77 bits per heavy atom. The monoisotopic (exact) mass is 560 g/mol. The van der Waals surface area contributed by atoms with Gasteiger partial charge in [0, 0.05) is 31.6 Å². The molecule has 1 spiro atoms. The molecule has 2 saturated carbocycles. The highest BCUT2D eigenvalue weighted by atomic mass is 32.2. The highest BCUT2D eigenvalue weighted by Gasteiger charge is 2.47. The first kappa shape index (κ1) is 25.9. The molecule has 0 bridgehead atoms. The molecule has 2 aliphatic carbocycles. The normalized spacial score (nSPS) is 20.1. The van der Waals surface area contributed by atoms with Crippen LogP contribution in [0.4, 0.5) is 25.8 Å². The average Bonchev–Trinajstić information content (AvgIpc) is 3.49. The standard InChI is InChI=1S/C26H30F2N6O4S/c27-26(28)15-19(16-26)34-23-13-17(2-4-21(23)30-32-34)29-24(36)20-3-1-18(31-39(37,38)12-11-35)14-22(20)33-9-7-25(5-6-25)8-10-33/h1-4,13-14,19,31,35H,5-12,15-16H2,(H,29,36). The molecule has 39 heavy (non-hydrogen) atoms. The van der Waals surface area contributed by atoms with Crippen LogP contribution in [0.2, 0.25) is 0 Å². The number of anilines is 3. The predicted octanol–water partition coefficient (Wildman–Crippen LogP) is 3.77. The quantitative estimate of drug-likeness (QED) is 0.383. The Morgan fingerprint density at radius 1 is 1.05 bits per heavy atom. The van der Waals surface area contributed by atoms with Gasteiger partial charge < -0.3 is 15.3 Å². The van der Waals surface area contributed by atoms with E-state index < -0.39 is 34.3 Å². The number of hydrogen-bond acceptors (Lipinski definition) is 7. The van der Waals surface area contributed by atoms with Crippen molar-refractivity contribution >= 4 is 44.0 Å². The highest BCUT2D eigenvalue weighted by Crippen LogP contribution is 2.54. The molecule has 3 aromatic rings. The van der Waals surface area contributed by atoms with Gasteiger partial charge in [-0.25, -0.2) is 21.9 Å². The Bertz CT molecular complexity index is 1520. The molecule has 1 aromatic heterocycles. The fraction of sp³-hybridized carbons (Fsp3) is 0.500. The summed E-state index contributed by atoms with van der Waals surface area (Å²) in [5.41, 5.74) is 3.31. The van der Waals surface area contributed by atoms with Gasteiger partial charge in [0.1, 0.15) is 5.52 Å². The van der Waals surface area contributed by atoms with Gasteiger partial charge in [0.05, 0.1) is 40.9 Å². The lowest BCUT2D eigenvalue weighted by molar-refractivity contribution is -0.106. The molecule has 208 valence electrons. The van der Waals surface area contributed by atoms with Crippen molar-refractivity contribution in [2.75, 3.05) is 40.4 Å². The molecule has 2 aromatic carbocycles. The number of aromatic nitrogens is 3. The molecular formula is C26H30F2N6O4S. The maximum absolute atomic E-state index is 13.5. The van der Waals surface area contributed by atoms with Crippen LogP contribution in [0.1, 0.15) is 54.9 Å². The van der Waals surface area contributed by atoms with Crippen molar-refractivity contribution in [2.45, 2.75) is 50.5 Å². The Balaban J connectivity index is 1.27. The highest BCUT2D eigenvalue weighted by molar-refractivity contribution is 7.92. The number of carbonyl (C=O) groups excluding carboxylic acids is 1. The second-order valence-corrected chi connectivity index (χ2v) is 12.8. The number of carbonyl (C=O) groups is 1. The minimum Gasteiger partial charge on any atom is -0.395 e. The van der Waals surface area contributed by atoms with E-state index >= 15 is 0 Å². The number of sulfonamides is 1. The molecule has 13 heteroatoms. The summed E-state index contributed by atoms with van der Waals surface area (Å²) in [6.45, 7) is 1.02. The van der Waals surface area contributed by atoms with E-state index in [1.165, 1.54) is 23.6 Å². The third-order valence-electron chi connectivity index (χ3n) is 8.14. The Hall–Kier alpha value is -3.32. The van der Waals surface area contributed by atoms with Crippen molar-refractivity contribution in [1.82, 2.24) is 15.0 Å². The number of aliphatic hydroxyl groups is 1. The number of aliphatic hydroxyl groups excluding tert-OH is 1. The van der Waals surface area contributed by atoms with Crippen molar-refractivity contribution in [3.05, 3.63) is 42.0 Å². The van der Waals surface area contributed by atoms with Crippen LogP contribution >= 0.6 is 0 Å². The van der Waals surface area contributed by atoms with Gasteiger partial charge in [0.2, 0.25) is 10.0 Å². The minimum atomic E-state index is -3.73. The predicted molar refractivity (Wildman–Crippen MR) is 143 cm³/mol. The van der Waals surface area contributed by atoms with Gasteiger partial charge in [-0.1, -0.05) is 5.21 Å². The van der Waals surface area contributed by atoms with Gasteiger partial charge >= 0.3 is 0 Å². The summed E-state index contributed by atoms with van der Waals surface area (Å²) in [6, 6.07) is 9.38. The van der Waals surface area contributed by atoms with E-state index in [2.05, 4.69) is 25.3 Å². The number of rotatable bonds is 8. The molecule has 0 unspecified atom stereocenters. The number of halogens is 2. The van der Waals surface area contributed by atoms with Crippen LogP contribution in [-0.4, -0.2) is 65.8 Å². The third kappa shape index (κ3) is 5.29. The lowest BCUT2D eigenvalue weighted by Crippen LogP contribution is -2.37. The Kier molecular flexibility index (Phi) is 6.25. The van der Waals surface area contributed by atoms with E-state index in [0.29, 0.717) is 39.1 Å². The molecule has 2 heterocycles. The topological polar surface area (TPSA) is 129 Å². The third-order valence-corrected chi connectivity index (χ3v) is 9.41. The molecule has 6 rings (SSSR count). The van der Waals surface area contributed by atoms with Crippen molar-refractivity contribution in [3.63, 3.8) is 0 Å². The average molecular weight is 561 g/mol. The summed E-state index contributed by atoms with van der Waals surface area (Å²) >= 11 is 0. The Labute approximate surface area is 224 Å². The number of amides is 1. The molecule has 1 aliphatic heterocycles. The summed E-state index contributed by atoms with van der Waals surface area (Å²) in [5.74, 6) is -3.50. The number of alkyl halides is 2. The van der Waals surface area contributed by atoms with Crippen LogP contribution in [0.5, 0.6) is 0 Å². The minimum absolute atomic E-state index is 0.295. The molecule has 3 fully saturated rings. The van der Waals surface area contributed by atoms with E-state index in [-0.39, 0.29) is 18.7 Å². The van der Waals surface area contributed by atoms with Crippen LogP contribution in [0.15, 0.2) is 36.4 Å². The van der Waals surface area contributed by atoms with Gasteiger partial charge in [-0.3, -0.25) is 9.52 Å². The van der Waals surface area contributed by atoms with Gasteiger partial charge in [0.15, 0.2) is 0 Å². The van der Waals surface area contributed by atoms with Crippen molar-refractivity contribution in [2.24, 2.45) is 5.41 Å². The smallest absolute Gasteiger partial charge is 0.257 e. The summed E-state index contributed by atoms with van der Waals surface area (Å²) in [5, 5.41) is 20.1. The zero-order valence-electron chi connectivity index (χ0n) is 21.2. The molecule has 3 N–H and O–H groups in total. The van der Waals surface area contributed by atoms with Gasteiger partial charge in [0.25, 0.3) is 11.8 Å². The maximum Gasteiger partial charge on any atom is 0.257 e. The first-order chi connectivity index (χ1) is 18.6. The molecule has 1 saturated heterocycles. The first-order valence-electron chi connectivity index (χ1n) is 13.1. The number of hydrogen-bond donors (Lipinski definition) is 3. The van der Waals surface area contributed by atoms with E-state index in [1.807, 2.05) is 0 Å². The van der Waals surface area contributed by atoms with E-state index in [0.717, 1.165) is 25.9 Å². The fourth-order valence-electron chi connectivity index (χ4n) is 5.58. The zero-order valence-corrected chi connectivity index (χ0v) is 22.1. The molecule has 0 atom stereocenters. The molecule has 0 radical (unpaired) electrons. The van der Waals surface area contributed by atoms with Gasteiger partial charge in [-0.2, -0.15) is 0 Å². The second kappa shape index (κ2) is 9.40. The van der Waals surface area contributed by atoms with Crippen LogP contribution in [0, 0.1) is 5.41 Å². The first-order valence-corrected chi connectivity index (χ1v) is 14.8. The fourth-order valence-corrected chi connectivity index (χ4v) is 6.41. The van der Waals surface area contributed by atoms with Crippen molar-refractivity contribution < 1.29 is 27.1 Å². The lowest BCUT2D eigenvalue weighted by Gasteiger charge is -2.35. The second-order valence-electron chi connectivity index (χ2n) is 11.0. The number of piperidine rings is 1. The van der Waals surface area contributed by atoms with Gasteiger partial charge in [-0.15, -0.1) is 5.10 Å². The van der Waals surface area contributed by atoms with Crippen LogP contribution < -0.4 is 14.9 Å². The van der Waals surface area contributed by atoms with E-state index in [4.69, 9.17) is 5.11 Å². The van der Waals surface area contributed by atoms with E-state index in [9.17, 15) is 22.0 Å². The van der Waals surface area contributed by atoms with Gasteiger partial charge in [-0.05, 0) is 67.5 Å². The Morgan fingerprint density at radius 3 is 2.44 bits per heavy atom. The van der Waals surface area contributed by atoms with Crippen molar-refractivity contribution in [1.29, 1.82) is 0 Å². The van der Waals surface area contributed by atoms with Crippen LogP contribution in [0.3, 0.4) is 0 Å². The number of nitrogens with zero attached hydrogens (tertiary/aromatic N) is 4. The SMILES string of the molecule is O=C(Nc1ccc2nnn(C3CC(F)(F)C3)c2c1)c1ccc(NS(=O)(=O)CCO)cc1N1CCC2(CC1)CC2. The van der Waals surface area contributed by atoms with E-state index in [1.54, 1.807) is 30.3 Å². The lowest BCUT2D eigenvalue weighted by atomic mass is 9.88. The summed E-state index contributed by atoms with van der Waals surface area (Å²) < 4.78 is 55.3. The van der Waals surface area contributed by atoms with Crippen LogP contribution in [0.25, 0.3) is 11.0 Å².